The summed E-state index contributed by atoms with van der Waals surface area (Å²) in [6.45, 7) is 4.66. The van der Waals surface area contributed by atoms with Gasteiger partial charge in [0.1, 0.15) is 6.04 Å². The molecule has 0 bridgehead atoms. The Morgan fingerprint density at radius 2 is 1.69 bits per heavy atom. The van der Waals surface area contributed by atoms with Crippen LogP contribution < -0.4 is 9.62 Å². The zero-order chi connectivity index (χ0) is 30.7. The van der Waals surface area contributed by atoms with Gasteiger partial charge in [-0.25, -0.2) is 8.42 Å². The SMILES string of the molecule is CCCCNC(=O)[C@@H](Cc1ccccc1)N(Cc1ccc(Cl)cc1Cl)C(=O)CCCN(c1cccc(C)c1)S(C)(=O)=O. The molecule has 0 aliphatic carbocycles. The van der Waals surface area contributed by atoms with Crippen LogP contribution in [-0.4, -0.2) is 50.5 Å². The van der Waals surface area contributed by atoms with Crippen LogP contribution in [0.2, 0.25) is 10.0 Å². The largest absolute Gasteiger partial charge is 0.354 e. The number of benzene rings is 3. The lowest BCUT2D eigenvalue weighted by molar-refractivity contribution is -0.141. The van der Waals surface area contributed by atoms with E-state index in [1.807, 2.05) is 50.2 Å². The molecule has 3 rings (SSSR count). The summed E-state index contributed by atoms with van der Waals surface area (Å²) in [5.41, 5.74) is 3.05. The predicted octanol–water partition coefficient (Wildman–Crippen LogP) is 6.40. The van der Waals surface area contributed by atoms with Gasteiger partial charge in [-0.3, -0.25) is 13.9 Å². The Bertz CT molecular complexity index is 1450. The number of anilines is 1. The maximum absolute atomic E-state index is 13.9. The van der Waals surface area contributed by atoms with E-state index in [-0.39, 0.29) is 37.7 Å². The first-order chi connectivity index (χ1) is 20.0. The number of sulfonamides is 1. The number of amides is 2. The third kappa shape index (κ3) is 10.0. The monoisotopic (exact) mass is 631 g/mol. The zero-order valence-electron chi connectivity index (χ0n) is 24.4. The number of aryl methyl sites for hydroxylation is 1. The molecule has 0 aliphatic rings. The minimum atomic E-state index is -3.58. The molecule has 3 aromatic rings. The number of halogens is 2. The minimum absolute atomic E-state index is 0.0383. The summed E-state index contributed by atoms with van der Waals surface area (Å²) in [5.74, 6) is -0.520. The molecule has 1 atom stereocenters. The summed E-state index contributed by atoms with van der Waals surface area (Å²) >= 11 is 12.6. The van der Waals surface area contributed by atoms with Crippen molar-refractivity contribution in [3.63, 3.8) is 0 Å². The highest BCUT2D eigenvalue weighted by Gasteiger charge is 2.31. The standard InChI is InChI=1S/C32H39Cl2N3O4S/c1-4-5-18-35-32(39)30(21-25-12-7-6-8-13-25)36(23-26-16-17-27(33)22-29(26)34)31(38)15-10-19-37(42(3,40)41)28-14-9-11-24(2)20-28/h6-9,11-14,16-17,20,22,30H,4-5,10,15,18-19,21,23H2,1-3H3,(H,35,39)/t30-/m1/s1. The Kier molecular flexibility index (Phi) is 12.7. The van der Waals surface area contributed by atoms with Crippen molar-refractivity contribution in [2.45, 2.75) is 58.5 Å². The average Bonchev–Trinajstić information content (AvgIpc) is 2.94. The van der Waals surface area contributed by atoms with E-state index in [4.69, 9.17) is 23.2 Å². The van der Waals surface area contributed by atoms with Gasteiger partial charge in [0, 0.05) is 42.5 Å². The minimum Gasteiger partial charge on any atom is -0.354 e. The highest BCUT2D eigenvalue weighted by atomic mass is 35.5. The second-order valence-corrected chi connectivity index (χ2v) is 13.1. The van der Waals surface area contributed by atoms with E-state index in [1.165, 1.54) is 4.31 Å². The van der Waals surface area contributed by atoms with Crippen molar-refractivity contribution < 1.29 is 18.0 Å². The topological polar surface area (TPSA) is 86.8 Å². The second-order valence-electron chi connectivity index (χ2n) is 10.4. The molecule has 42 heavy (non-hydrogen) atoms. The van der Waals surface area contributed by atoms with Gasteiger partial charge in [0.2, 0.25) is 21.8 Å². The fourth-order valence-electron chi connectivity index (χ4n) is 4.68. The van der Waals surface area contributed by atoms with Gasteiger partial charge in [0.15, 0.2) is 0 Å². The lowest BCUT2D eigenvalue weighted by atomic mass is 10.0. The number of unbranched alkanes of at least 4 members (excludes halogenated alkanes) is 1. The van der Waals surface area contributed by atoms with Crippen LogP contribution in [0.5, 0.6) is 0 Å². The third-order valence-electron chi connectivity index (χ3n) is 6.90. The Morgan fingerprint density at radius 3 is 2.33 bits per heavy atom. The number of hydrogen-bond donors (Lipinski definition) is 1. The molecule has 7 nitrogen and oxygen atoms in total. The van der Waals surface area contributed by atoms with Gasteiger partial charge >= 0.3 is 0 Å². The number of carbonyl (C=O) groups excluding carboxylic acids is 2. The van der Waals surface area contributed by atoms with Gasteiger partial charge in [0.25, 0.3) is 0 Å². The first-order valence-corrected chi connectivity index (χ1v) is 16.7. The van der Waals surface area contributed by atoms with Crippen molar-refractivity contribution in [2.75, 3.05) is 23.7 Å². The summed E-state index contributed by atoms with van der Waals surface area (Å²) < 4.78 is 26.6. The maximum Gasteiger partial charge on any atom is 0.243 e. The smallest absolute Gasteiger partial charge is 0.243 e. The van der Waals surface area contributed by atoms with Crippen LogP contribution in [0, 0.1) is 6.92 Å². The van der Waals surface area contributed by atoms with Crippen LogP contribution in [0.25, 0.3) is 0 Å². The molecule has 0 aromatic heterocycles. The number of nitrogens with one attached hydrogen (secondary N) is 1. The van der Waals surface area contributed by atoms with Crippen molar-refractivity contribution >= 4 is 50.7 Å². The van der Waals surface area contributed by atoms with Crippen LogP contribution in [0.3, 0.4) is 0 Å². The van der Waals surface area contributed by atoms with Crippen molar-refractivity contribution in [1.29, 1.82) is 0 Å². The summed E-state index contributed by atoms with van der Waals surface area (Å²) in [7, 11) is -3.58. The number of carbonyl (C=O) groups is 2. The summed E-state index contributed by atoms with van der Waals surface area (Å²) in [6, 6.07) is 21.0. The molecule has 0 heterocycles. The molecule has 2 amide bonds. The van der Waals surface area contributed by atoms with Crippen LogP contribution in [0.15, 0.2) is 72.8 Å². The fraction of sp³-hybridized carbons (Fsp3) is 0.375. The maximum atomic E-state index is 13.9. The van der Waals surface area contributed by atoms with Crippen LogP contribution in [0.1, 0.15) is 49.3 Å². The molecule has 3 aromatic carbocycles. The Labute approximate surface area is 259 Å². The van der Waals surface area contributed by atoms with Crippen LogP contribution in [-0.2, 0) is 32.6 Å². The molecule has 0 radical (unpaired) electrons. The average molecular weight is 633 g/mol. The summed E-state index contributed by atoms with van der Waals surface area (Å²) in [4.78, 5) is 29.1. The Balaban J connectivity index is 1.90. The quantitative estimate of drug-likeness (QED) is 0.197. The Morgan fingerprint density at radius 1 is 0.952 bits per heavy atom. The summed E-state index contributed by atoms with van der Waals surface area (Å²) in [6.07, 6.45) is 3.51. The van der Waals surface area contributed by atoms with Gasteiger partial charge in [-0.05, 0) is 60.7 Å². The van der Waals surface area contributed by atoms with Crippen LogP contribution in [0.4, 0.5) is 5.69 Å². The highest BCUT2D eigenvalue weighted by Crippen LogP contribution is 2.25. The molecular formula is C32H39Cl2N3O4S. The van der Waals surface area contributed by atoms with Gasteiger partial charge < -0.3 is 10.2 Å². The van der Waals surface area contributed by atoms with E-state index < -0.39 is 16.1 Å². The molecule has 0 fully saturated rings. The molecular weight excluding hydrogens is 593 g/mol. The van der Waals surface area contributed by atoms with E-state index in [2.05, 4.69) is 5.32 Å². The molecule has 0 saturated carbocycles. The first kappa shape index (κ1) is 33.4. The van der Waals surface area contributed by atoms with E-state index in [1.54, 1.807) is 41.3 Å². The molecule has 1 N–H and O–H groups in total. The predicted molar refractivity (Wildman–Crippen MR) is 171 cm³/mol. The number of nitrogens with zero attached hydrogens (tertiary/aromatic N) is 2. The zero-order valence-corrected chi connectivity index (χ0v) is 26.7. The second kappa shape index (κ2) is 16.0. The molecule has 10 heteroatoms. The van der Waals surface area contributed by atoms with Gasteiger partial charge in [0.05, 0.1) is 11.9 Å². The normalized spacial score (nSPS) is 12.0. The van der Waals surface area contributed by atoms with Gasteiger partial charge in [-0.1, -0.05) is 85.1 Å². The van der Waals surface area contributed by atoms with E-state index >= 15 is 0 Å². The number of rotatable bonds is 15. The lowest BCUT2D eigenvalue weighted by Crippen LogP contribution is -2.50. The molecule has 0 unspecified atom stereocenters. The molecule has 226 valence electrons. The fourth-order valence-corrected chi connectivity index (χ4v) is 6.11. The van der Waals surface area contributed by atoms with E-state index in [9.17, 15) is 18.0 Å². The van der Waals surface area contributed by atoms with Gasteiger partial charge in [-0.2, -0.15) is 0 Å². The third-order valence-corrected chi connectivity index (χ3v) is 8.68. The first-order valence-electron chi connectivity index (χ1n) is 14.1. The van der Waals surface area contributed by atoms with E-state index in [0.717, 1.165) is 30.2 Å². The summed E-state index contributed by atoms with van der Waals surface area (Å²) in [5, 5.41) is 3.86. The van der Waals surface area contributed by atoms with Crippen LogP contribution >= 0.6 is 23.2 Å². The molecule has 0 saturated heterocycles. The highest BCUT2D eigenvalue weighted by molar-refractivity contribution is 7.92. The van der Waals surface area contributed by atoms with E-state index in [0.29, 0.717) is 34.3 Å². The van der Waals surface area contributed by atoms with Gasteiger partial charge in [-0.15, -0.1) is 0 Å². The van der Waals surface area contributed by atoms with Crippen molar-refractivity contribution in [3.05, 3.63) is 99.5 Å². The number of hydrogen-bond acceptors (Lipinski definition) is 4. The molecule has 0 spiro atoms. The lowest BCUT2D eigenvalue weighted by Gasteiger charge is -2.32. The van der Waals surface area contributed by atoms with Crippen molar-refractivity contribution in [3.8, 4) is 0 Å². The molecule has 0 aliphatic heterocycles. The van der Waals surface area contributed by atoms with Crippen molar-refractivity contribution in [1.82, 2.24) is 10.2 Å². The Hall–Kier alpha value is -3.07. The van der Waals surface area contributed by atoms with Crippen molar-refractivity contribution in [2.24, 2.45) is 0 Å².